The third kappa shape index (κ3) is 6.55. The van der Waals surface area contributed by atoms with Crippen molar-refractivity contribution in [1.82, 2.24) is 0 Å². The molecule has 3 aliphatic carbocycles. The van der Waals surface area contributed by atoms with Crippen LogP contribution in [-0.4, -0.2) is 6.61 Å². The second-order valence-electron chi connectivity index (χ2n) is 11.9. The molecule has 0 aromatic heterocycles. The van der Waals surface area contributed by atoms with E-state index in [0.29, 0.717) is 12.2 Å². The van der Waals surface area contributed by atoms with Gasteiger partial charge >= 0.3 is 0 Å². The molecule has 0 spiro atoms. The first-order chi connectivity index (χ1) is 16.6. The summed E-state index contributed by atoms with van der Waals surface area (Å²) < 4.78 is 34.2. The Morgan fingerprint density at radius 2 is 1.15 bits per heavy atom. The van der Waals surface area contributed by atoms with Crippen LogP contribution in [-0.2, 0) is 0 Å². The van der Waals surface area contributed by atoms with Gasteiger partial charge in [0.05, 0.1) is 6.61 Å². The van der Waals surface area contributed by atoms with E-state index < -0.39 is 11.6 Å². The minimum Gasteiger partial charge on any atom is -0.491 e. The quantitative estimate of drug-likeness (QED) is 0.346. The van der Waals surface area contributed by atoms with Crippen LogP contribution in [0.2, 0.25) is 0 Å². The molecule has 0 atom stereocenters. The van der Waals surface area contributed by atoms with Gasteiger partial charge in [0.15, 0.2) is 11.6 Å². The lowest BCUT2D eigenvalue weighted by atomic mass is 9.67. The van der Waals surface area contributed by atoms with E-state index in [-0.39, 0.29) is 11.7 Å². The van der Waals surface area contributed by atoms with Gasteiger partial charge in [-0.3, -0.25) is 0 Å². The van der Waals surface area contributed by atoms with Crippen molar-refractivity contribution >= 4 is 0 Å². The van der Waals surface area contributed by atoms with Crippen molar-refractivity contribution < 1.29 is 13.5 Å². The summed E-state index contributed by atoms with van der Waals surface area (Å²) in [6, 6.07) is 3.37. The Kier molecular flexibility index (Phi) is 9.71. The molecule has 3 heteroatoms. The zero-order valence-corrected chi connectivity index (χ0v) is 21.8. The predicted molar refractivity (Wildman–Crippen MR) is 137 cm³/mol. The van der Waals surface area contributed by atoms with Gasteiger partial charge < -0.3 is 4.74 Å². The molecular formula is C31H48F2O. The zero-order chi connectivity index (χ0) is 23.9. The number of rotatable bonds is 9. The number of hydrogen-bond donors (Lipinski definition) is 0. The van der Waals surface area contributed by atoms with E-state index in [4.69, 9.17) is 4.74 Å². The maximum atomic E-state index is 14.7. The van der Waals surface area contributed by atoms with E-state index >= 15 is 0 Å². The number of ether oxygens (including phenoxy) is 1. The van der Waals surface area contributed by atoms with E-state index in [0.717, 1.165) is 42.4 Å². The second kappa shape index (κ2) is 12.7. The predicted octanol–water partition coefficient (Wildman–Crippen LogP) is 9.83. The lowest BCUT2D eigenvalue weighted by Gasteiger charge is -2.38. The number of hydrogen-bond acceptors (Lipinski definition) is 1. The van der Waals surface area contributed by atoms with Gasteiger partial charge in [0.1, 0.15) is 0 Å². The van der Waals surface area contributed by atoms with Gasteiger partial charge in [-0.1, -0.05) is 77.2 Å². The third-order valence-electron chi connectivity index (χ3n) is 9.79. The van der Waals surface area contributed by atoms with Crippen LogP contribution in [0.3, 0.4) is 0 Å². The molecule has 1 aromatic rings. The van der Waals surface area contributed by atoms with Crippen molar-refractivity contribution in [2.75, 3.05) is 6.61 Å². The number of halogens is 2. The van der Waals surface area contributed by atoms with Gasteiger partial charge in [0.25, 0.3) is 0 Å². The highest BCUT2D eigenvalue weighted by molar-refractivity contribution is 5.33. The monoisotopic (exact) mass is 474 g/mol. The fourth-order valence-corrected chi connectivity index (χ4v) is 7.67. The lowest BCUT2D eigenvalue weighted by molar-refractivity contribution is 0.149. The first-order valence-electron chi connectivity index (χ1n) is 14.7. The minimum absolute atomic E-state index is 0.0402. The molecule has 0 unspecified atom stereocenters. The average Bonchev–Trinajstić information content (AvgIpc) is 2.87. The van der Waals surface area contributed by atoms with Crippen molar-refractivity contribution in [3.63, 3.8) is 0 Å². The Morgan fingerprint density at radius 3 is 1.68 bits per heavy atom. The van der Waals surface area contributed by atoms with Gasteiger partial charge in [-0.2, -0.15) is 4.39 Å². The van der Waals surface area contributed by atoms with Crippen molar-refractivity contribution in [1.29, 1.82) is 0 Å². The summed E-state index contributed by atoms with van der Waals surface area (Å²) in [6.07, 6.45) is 21.7. The van der Waals surface area contributed by atoms with Gasteiger partial charge in [-0.05, 0) is 92.6 Å². The van der Waals surface area contributed by atoms with Crippen molar-refractivity contribution in [3.8, 4) is 5.75 Å². The lowest BCUT2D eigenvalue weighted by Crippen LogP contribution is -2.26. The highest BCUT2D eigenvalue weighted by Crippen LogP contribution is 2.46. The van der Waals surface area contributed by atoms with Crippen molar-refractivity contribution in [2.45, 2.75) is 122 Å². The van der Waals surface area contributed by atoms with Crippen LogP contribution < -0.4 is 4.74 Å². The molecule has 192 valence electrons. The summed E-state index contributed by atoms with van der Waals surface area (Å²) in [5, 5.41) is 0. The maximum absolute atomic E-state index is 14.7. The first kappa shape index (κ1) is 26.0. The highest BCUT2D eigenvalue weighted by Gasteiger charge is 2.33. The SMILES string of the molecule is CCCC1CCC(CCC2CCC(C3CCC(c4ccc(OCC)c(F)c4F)CC3)CC2)CC1. The van der Waals surface area contributed by atoms with Gasteiger partial charge in [-0.25, -0.2) is 4.39 Å². The summed E-state index contributed by atoms with van der Waals surface area (Å²) in [7, 11) is 0. The molecule has 1 nitrogen and oxygen atoms in total. The van der Waals surface area contributed by atoms with E-state index in [1.54, 1.807) is 19.1 Å². The minimum atomic E-state index is -0.811. The van der Waals surface area contributed by atoms with Crippen LogP contribution in [0.5, 0.6) is 5.75 Å². The number of benzene rings is 1. The fraction of sp³-hybridized carbons (Fsp3) is 0.806. The van der Waals surface area contributed by atoms with Crippen LogP contribution in [0, 0.1) is 41.2 Å². The zero-order valence-electron chi connectivity index (χ0n) is 21.8. The van der Waals surface area contributed by atoms with Crippen molar-refractivity contribution in [2.24, 2.45) is 29.6 Å². The molecule has 0 N–H and O–H groups in total. The summed E-state index contributed by atoms with van der Waals surface area (Å²) in [5.74, 6) is 3.35. The van der Waals surface area contributed by atoms with Crippen LogP contribution in [0.4, 0.5) is 8.78 Å². The molecule has 0 saturated heterocycles. The Balaban J connectivity index is 1.17. The normalized spacial score (nSPS) is 32.5. The van der Waals surface area contributed by atoms with E-state index in [9.17, 15) is 8.78 Å². The Labute approximate surface area is 207 Å². The highest BCUT2D eigenvalue weighted by atomic mass is 19.2. The topological polar surface area (TPSA) is 9.23 Å². The van der Waals surface area contributed by atoms with Gasteiger partial charge in [0.2, 0.25) is 5.82 Å². The largest absolute Gasteiger partial charge is 0.491 e. The standard InChI is InChI=1S/C31H48F2O/c1-3-5-22-6-8-23(9-7-22)10-11-24-12-14-25(15-13-24)26-16-18-27(19-17-26)28-20-21-29(34-4-2)31(33)30(28)32/h20-27H,3-19H2,1-2H3. The molecule has 0 amide bonds. The third-order valence-corrected chi connectivity index (χ3v) is 9.79. The Bertz CT molecular complexity index is 738. The summed E-state index contributed by atoms with van der Waals surface area (Å²) >= 11 is 0. The molecule has 1 aromatic carbocycles. The van der Waals surface area contributed by atoms with Crippen LogP contribution in [0.25, 0.3) is 0 Å². The molecule has 3 saturated carbocycles. The first-order valence-corrected chi connectivity index (χ1v) is 14.7. The average molecular weight is 475 g/mol. The summed E-state index contributed by atoms with van der Waals surface area (Å²) in [5.41, 5.74) is 0.562. The summed E-state index contributed by atoms with van der Waals surface area (Å²) in [6.45, 7) is 4.47. The smallest absolute Gasteiger partial charge is 0.200 e. The second-order valence-corrected chi connectivity index (χ2v) is 11.9. The Morgan fingerprint density at radius 1 is 0.647 bits per heavy atom. The van der Waals surface area contributed by atoms with Gasteiger partial charge in [-0.15, -0.1) is 0 Å². The van der Waals surface area contributed by atoms with Crippen LogP contribution in [0.1, 0.15) is 128 Å². The molecule has 0 aliphatic heterocycles. The van der Waals surface area contributed by atoms with E-state index in [1.807, 2.05) is 0 Å². The van der Waals surface area contributed by atoms with Crippen molar-refractivity contribution in [3.05, 3.63) is 29.3 Å². The molecule has 0 bridgehead atoms. The van der Waals surface area contributed by atoms with Crippen LogP contribution in [0.15, 0.2) is 12.1 Å². The summed E-state index contributed by atoms with van der Waals surface area (Å²) in [4.78, 5) is 0. The van der Waals surface area contributed by atoms with E-state index in [1.165, 1.54) is 89.9 Å². The molecule has 0 heterocycles. The van der Waals surface area contributed by atoms with Gasteiger partial charge in [0, 0.05) is 0 Å². The Hall–Kier alpha value is -1.12. The van der Waals surface area contributed by atoms with Crippen LogP contribution >= 0.6 is 0 Å². The van der Waals surface area contributed by atoms with E-state index in [2.05, 4.69) is 6.92 Å². The molecule has 3 fully saturated rings. The molecule has 4 rings (SSSR count). The molecule has 34 heavy (non-hydrogen) atoms. The molecule has 0 radical (unpaired) electrons. The fourth-order valence-electron chi connectivity index (χ4n) is 7.67. The molecular weight excluding hydrogens is 426 g/mol. The maximum Gasteiger partial charge on any atom is 0.200 e. The molecule has 3 aliphatic rings.